The second-order valence-corrected chi connectivity index (χ2v) is 6.86. The highest BCUT2D eigenvalue weighted by molar-refractivity contribution is 7.89. The molecule has 0 aliphatic heterocycles. The maximum Gasteiger partial charge on any atom is 0.269 e. The molecular weight excluding hydrogens is 375 g/mol. The number of hydrogen-bond acceptors (Lipinski definition) is 5. The van der Waals surface area contributed by atoms with Gasteiger partial charge in [0, 0.05) is 12.6 Å². The predicted molar refractivity (Wildman–Crippen MR) is 85.8 cm³/mol. The van der Waals surface area contributed by atoms with Crippen molar-refractivity contribution in [3.8, 4) is 0 Å². The molecule has 0 atom stereocenters. The summed E-state index contributed by atoms with van der Waals surface area (Å²) in [6.45, 7) is 0. The van der Waals surface area contributed by atoms with Crippen LogP contribution in [0.2, 0.25) is 0 Å². The Morgan fingerprint density at radius 3 is 2.46 bits per heavy atom. The second kappa shape index (κ2) is 7.72. The van der Waals surface area contributed by atoms with E-state index in [2.05, 4.69) is 15.7 Å². The topological polar surface area (TPSA) is 87.7 Å². The number of carbonyl (C=O) groups excluding carboxylic acids is 1. The van der Waals surface area contributed by atoms with Gasteiger partial charge in [0.15, 0.2) is 17.5 Å². The first kappa shape index (κ1) is 19.7. The number of nitrogens with one attached hydrogen (secondary N) is 2. The summed E-state index contributed by atoms with van der Waals surface area (Å²) >= 11 is 0. The van der Waals surface area contributed by atoms with E-state index >= 15 is 0 Å². The lowest BCUT2D eigenvalue weighted by atomic mass is 10.2. The Bertz CT molecular complexity index is 938. The Morgan fingerprint density at radius 2 is 1.81 bits per heavy atom. The summed E-state index contributed by atoms with van der Waals surface area (Å²) in [5.74, 6) is -5.41. The number of hydroxylamine groups is 1. The zero-order valence-corrected chi connectivity index (χ0v) is 14.4. The molecule has 0 aromatic heterocycles. The molecule has 0 aliphatic rings. The number of sulfonamides is 1. The van der Waals surface area contributed by atoms with E-state index in [1.807, 2.05) is 0 Å². The van der Waals surface area contributed by atoms with Gasteiger partial charge in [-0.25, -0.2) is 21.6 Å². The molecule has 0 unspecified atom stereocenters. The summed E-state index contributed by atoms with van der Waals surface area (Å²) in [6, 6.07) is 6.53. The van der Waals surface area contributed by atoms with Crippen LogP contribution in [0.3, 0.4) is 0 Å². The Labute approximate surface area is 147 Å². The molecular formula is C15H14F3N3O4S. The standard InChI is InChI=1S/C15H14F3N3O4S/c1-21(25-2)26(23,24)10-5-3-4-9(8-10)15(22)20-19-12-7-6-11(16)13(17)14(12)18/h3-8,19H,1-2H3,(H,20,22). The van der Waals surface area contributed by atoms with Crippen molar-refractivity contribution in [2.24, 2.45) is 0 Å². The molecule has 2 N–H and O–H groups in total. The minimum absolute atomic E-state index is 0.0777. The molecule has 26 heavy (non-hydrogen) atoms. The molecule has 0 saturated heterocycles. The second-order valence-electron chi connectivity index (χ2n) is 4.93. The molecule has 0 fully saturated rings. The highest BCUT2D eigenvalue weighted by atomic mass is 32.2. The summed E-state index contributed by atoms with van der Waals surface area (Å²) in [4.78, 5) is 16.5. The smallest absolute Gasteiger partial charge is 0.269 e. The highest BCUT2D eigenvalue weighted by Crippen LogP contribution is 2.19. The number of anilines is 1. The van der Waals surface area contributed by atoms with Gasteiger partial charge < -0.3 is 0 Å². The van der Waals surface area contributed by atoms with E-state index in [1.54, 1.807) is 0 Å². The van der Waals surface area contributed by atoms with E-state index in [-0.39, 0.29) is 10.5 Å². The van der Waals surface area contributed by atoms with Gasteiger partial charge in [-0.15, -0.1) is 0 Å². The zero-order chi connectivity index (χ0) is 19.5. The molecule has 11 heteroatoms. The molecule has 7 nitrogen and oxygen atoms in total. The molecule has 0 heterocycles. The Hall–Kier alpha value is -2.63. The average Bonchev–Trinajstić information content (AvgIpc) is 2.64. The minimum atomic E-state index is -3.97. The lowest BCUT2D eigenvalue weighted by molar-refractivity contribution is -0.0258. The largest absolute Gasteiger partial charge is 0.295 e. The van der Waals surface area contributed by atoms with E-state index in [4.69, 9.17) is 0 Å². The summed E-state index contributed by atoms with van der Waals surface area (Å²) in [5, 5.41) is 0. The Morgan fingerprint density at radius 1 is 1.12 bits per heavy atom. The van der Waals surface area contributed by atoms with Crippen molar-refractivity contribution in [2.75, 3.05) is 19.6 Å². The number of amides is 1. The van der Waals surface area contributed by atoms with Crippen LogP contribution < -0.4 is 10.9 Å². The maximum atomic E-state index is 13.5. The molecule has 0 radical (unpaired) electrons. The van der Waals surface area contributed by atoms with Crippen LogP contribution >= 0.6 is 0 Å². The number of hydrogen-bond donors (Lipinski definition) is 2. The molecule has 2 rings (SSSR count). The van der Waals surface area contributed by atoms with E-state index in [1.165, 1.54) is 25.2 Å². The van der Waals surface area contributed by atoms with Gasteiger partial charge in [-0.05, 0) is 30.3 Å². The van der Waals surface area contributed by atoms with Gasteiger partial charge in [-0.3, -0.25) is 20.5 Å². The van der Waals surface area contributed by atoms with E-state index in [0.717, 1.165) is 19.2 Å². The van der Waals surface area contributed by atoms with Crippen molar-refractivity contribution in [1.29, 1.82) is 0 Å². The third-order valence-corrected chi connectivity index (χ3v) is 5.01. The van der Waals surface area contributed by atoms with Crippen LogP contribution in [-0.2, 0) is 14.9 Å². The third kappa shape index (κ3) is 3.95. The van der Waals surface area contributed by atoms with Crippen molar-refractivity contribution in [3.63, 3.8) is 0 Å². The molecule has 140 valence electrons. The Kier molecular flexibility index (Phi) is 5.85. The number of carbonyl (C=O) groups is 1. The van der Waals surface area contributed by atoms with Gasteiger partial charge in [0.05, 0.1) is 17.7 Å². The van der Waals surface area contributed by atoms with Gasteiger partial charge in [0.1, 0.15) is 0 Å². The maximum absolute atomic E-state index is 13.5. The lowest BCUT2D eigenvalue weighted by Gasteiger charge is -2.15. The predicted octanol–water partition coefficient (Wildman–Crippen LogP) is 2.04. The normalized spacial score (nSPS) is 11.5. The van der Waals surface area contributed by atoms with Crippen molar-refractivity contribution in [2.45, 2.75) is 4.90 Å². The van der Waals surface area contributed by atoms with Crippen molar-refractivity contribution in [3.05, 3.63) is 59.4 Å². The molecule has 0 aliphatic carbocycles. The Balaban J connectivity index is 2.19. The molecule has 1 amide bonds. The summed E-state index contributed by atoms with van der Waals surface area (Å²) in [5.41, 5.74) is 3.59. The summed E-state index contributed by atoms with van der Waals surface area (Å²) in [7, 11) is -1.63. The first-order chi connectivity index (χ1) is 12.2. The van der Waals surface area contributed by atoms with Gasteiger partial charge >= 0.3 is 0 Å². The van der Waals surface area contributed by atoms with Crippen molar-refractivity contribution < 1.29 is 31.2 Å². The third-order valence-electron chi connectivity index (χ3n) is 3.34. The van der Waals surface area contributed by atoms with Crippen LogP contribution in [0.5, 0.6) is 0 Å². The number of halogens is 3. The lowest BCUT2D eigenvalue weighted by Crippen LogP contribution is -2.30. The van der Waals surface area contributed by atoms with E-state index in [0.29, 0.717) is 10.5 Å². The number of nitrogens with zero attached hydrogens (tertiary/aromatic N) is 1. The number of rotatable bonds is 6. The molecule has 0 saturated carbocycles. The summed E-state index contributed by atoms with van der Waals surface area (Å²) < 4.78 is 64.5. The first-order valence-corrected chi connectivity index (χ1v) is 8.45. The number of benzene rings is 2. The van der Waals surface area contributed by atoms with Crippen molar-refractivity contribution in [1.82, 2.24) is 9.89 Å². The van der Waals surface area contributed by atoms with Crippen molar-refractivity contribution >= 4 is 21.6 Å². The SMILES string of the molecule is CON(C)S(=O)(=O)c1cccc(C(=O)NNc2ccc(F)c(F)c2F)c1. The zero-order valence-electron chi connectivity index (χ0n) is 13.6. The quantitative estimate of drug-likeness (QED) is 0.583. The fraction of sp³-hybridized carbons (Fsp3) is 0.133. The van der Waals surface area contributed by atoms with E-state index in [9.17, 15) is 26.4 Å². The van der Waals surface area contributed by atoms with Crippen LogP contribution in [0.1, 0.15) is 10.4 Å². The van der Waals surface area contributed by atoms with Crippen LogP contribution in [0.25, 0.3) is 0 Å². The van der Waals surface area contributed by atoms with Gasteiger partial charge in [-0.1, -0.05) is 10.5 Å². The van der Waals surface area contributed by atoms with Crippen LogP contribution in [0, 0.1) is 17.5 Å². The minimum Gasteiger partial charge on any atom is -0.295 e. The molecule has 2 aromatic rings. The fourth-order valence-corrected chi connectivity index (χ4v) is 2.88. The highest BCUT2D eigenvalue weighted by Gasteiger charge is 2.22. The van der Waals surface area contributed by atoms with Gasteiger partial charge in [0.25, 0.3) is 15.9 Å². The van der Waals surface area contributed by atoms with Crippen LogP contribution in [-0.4, -0.2) is 33.0 Å². The summed E-state index contributed by atoms with van der Waals surface area (Å²) in [6.07, 6.45) is 0. The average molecular weight is 389 g/mol. The molecule has 0 spiro atoms. The van der Waals surface area contributed by atoms with Gasteiger partial charge in [0.2, 0.25) is 0 Å². The van der Waals surface area contributed by atoms with Gasteiger partial charge in [-0.2, -0.15) is 0 Å². The number of hydrazine groups is 1. The first-order valence-electron chi connectivity index (χ1n) is 7.01. The van der Waals surface area contributed by atoms with Crippen LogP contribution in [0.4, 0.5) is 18.9 Å². The molecule has 0 bridgehead atoms. The van der Waals surface area contributed by atoms with Crippen LogP contribution in [0.15, 0.2) is 41.3 Å². The fourth-order valence-electron chi connectivity index (χ4n) is 1.86. The molecule has 2 aromatic carbocycles. The van der Waals surface area contributed by atoms with E-state index < -0.39 is 39.1 Å². The monoisotopic (exact) mass is 389 g/mol.